The Balaban J connectivity index is 1.21. The number of allylic oxidation sites excluding steroid dienone is 1. The zero-order valence-electron chi connectivity index (χ0n) is 32.1. The van der Waals surface area contributed by atoms with E-state index in [1.54, 1.807) is 7.11 Å². The molecular formula is C37H62N4O11. The van der Waals surface area contributed by atoms with Gasteiger partial charge in [0.2, 0.25) is 17.7 Å². The maximum Gasteiger partial charge on any atom is 0.306 e. The summed E-state index contributed by atoms with van der Waals surface area (Å²) in [6, 6.07) is -0.585. The van der Waals surface area contributed by atoms with E-state index in [1.165, 1.54) is 12.5 Å². The number of hydrogen-bond acceptors (Lipinski definition) is 12. The van der Waals surface area contributed by atoms with E-state index in [-0.39, 0.29) is 97.4 Å². The molecule has 4 unspecified atom stereocenters. The second-order valence-electron chi connectivity index (χ2n) is 14.7. The molecule has 3 amide bonds. The molecule has 0 aromatic carbocycles. The van der Waals surface area contributed by atoms with Gasteiger partial charge in [-0.25, -0.2) is 0 Å². The first-order valence-electron chi connectivity index (χ1n) is 18.6. The van der Waals surface area contributed by atoms with Crippen molar-refractivity contribution in [3.63, 3.8) is 0 Å². The first-order chi connectivity index (χ1) is 24.7. The molecule has 2 saturated heterocycles. The van der Waals surface area contributed by atoms with Crippen molar-refractivity contribution in [3.05, 3.63) is 11.6 Å². The number of ether oxygens (including phenoxy) is 6. The van der Waals surface area contributed by atoms with E-state index < -0.39 is 11.9 Å². The lowest BCUT2D eigenvalue weighted by molar-refractivity contribution is -0.172. The Bertz CT molecular complexity index is 1240. The van der Waals surface area contributed by atoms with Crippen LogP contribution < -0.4 is 21.3 Å². The predicted octanol–water partition coefficient (Wildman–Crippen LogP) is 1.36. The molecule has 296 valence electrons. The molecule has 3 aliphatic rings. The summed E-state index contributed by atoms with van der Waals surface area (Å²) in [5, 5.41) is 10.8. The lowest BCUT2D eigenvalue weighted by Crippen LogP contribution is -2.55. The van der Waals surface area contributed by atoms with Crippen LogP contribution in [0, 0.1) is 11.8 Å². The Kier molecular flexibility index (Phi) is 17.6. The molecule has 0 aromatic heterocycles. The zero-order chi connectivity index (χ0) is 38.3. The number of Topliss-reactive ketones (excluding diaryl/α,β-unsaturated/α-hetero) is 1. The largest absolute Gasteiger partial charge is 0.460 e. The molecular weight excluding hydrogens is 676 g/mol. The van der Waals surface area contributed by atoms with Crippen LogP contribution in [-0.4, -0.2) is 131 Å². The first-order valence-corrected chi connectivity index (χ1v) is 18.6. The van der Waals surface area contributed by atoms with Crippen molar-refractivity contribution in [2.24, 2.45) is 11.8 Å². The summed E-state index contributed by atoms with van der Waals surface area (Å²) in [4.78, 5) is 60.2. The minimum atomic E-state index is -0.585. The monoisotopic (exact) mass is 738 g/mol. The number of methoxy groups -OCH3 is 1. The Hall–Kier alpha value is -2.95. The van der Waals surface area contributed by atoms with Crippen molar-refractivity contribution in [1.29, 1.82) is 0 Å². The van der Waals surface area contributed by atoms with Gasteiger partial charge in [0, 0.05) is 39.6 Å². The van der Waals surface area contributed by atoms with E-state index in [1.807, 2.05) is 13.8 Å². The molecule has 2 aliphatic heterocycles. The summed E-state index contributed by atoms with van der Waals surface area (Å²) >= 11 is 0. The molecule has 7 atom stereocenters. The van der Waals surface area contributed by atoms with Gasteiger partial charge in [0.25, 0.3) is 0 Å². The van der Waals surface area contributed by atoms with Crippen LogP contribution in [0.15, 0.2) is 11.6 Å². The molecule has 1 saturated carbocycles. The quantitative estimate of drug-likeness (QED) is 0.0456. The van der Waals surface area contributed by atoms with Crippen LogP contribution in [0.25, 0.3) is 0 Å². The topological polar surface area (TPSA) is 195 Å². The Morgan fingerprint density at radius 1 is 0.904 bits per heavy atom. The molecule has 3 fully saturated rings. The number of hydrogen-bond donors (Lipinski definition) is 4. The second kappa shape index (κ2) is 21.1. The van der Waals surface area contributed by atoms with Gasteiger partial charge in [0.15, 0.2) is 0 Å². The number of amides is 3. The van der Waals surface area contributed by atoms with Gasteiger partial charge in [0.05, 0.1) is 57.6 Å². The van der Waals surface area contributed by atoms with Crippen molar-refractivity contribution in [3.8, 4) is 0 Å². The zero-order valence-corrected chi connectivity index (χ0v) is 32.1. The predicted molar refractivity (Wildman–Crippen MR) is 191 cm³/mol. The summed E-state index contributed by atoms with van der Waals surface area (Å²) in [5.41, 5.74) is 0.609. The first kappa shape index (κ1) is 43.5. The molecule has 0 bridgehead atoms. The fourth-order valence-electron chi connectivity index (χ4n) is 6.82. The maximum absolute atomic E-state index is 12.8. The van der Waals surface area contributed by atoms with Crippen LogP contribution in [0.1, 0.15) is 80.1 Å². The number of carbonyl (C=O) groups excluding carboxylic acids is 5. The lowest BCUT2D eigenvalue weighted by Gasteiger charge is -2.42. The number of nitrogens with one attached hydrogen (secondary N) is 4. The van der Waals surface area contributed by atoms with Gasteiger partial charge >= 0.3 is 5.97 Å². The fraction of sp³-hybridized carbons (Fsp3) is 0.811. The van der Waals surface area contributed by atoms with Gasteiger partial charge < -0.3 is 49.7 Å². The maximum atomic E-state index is 12.8. The summed E-state index contributed by atoms with van der Waals surface area (Å²) in [6.07, 6.45) is 4.87. The van der Waals surface area contributed by atoms with Crippen molar-refractivity contribution in [2.75, 3.05) is 66.3 Å². The van der Waals surface area contributed by atoms with Crippen LogP contribution >= 0.6 is 0 Å². The Morgan fingerprint density at radius 2 is 1.62 bits per heavy atom. The Labute approximate surface area is 308 Å². The molecule has 52 heavy (non-hydrogen) atoms. The van der Waals surface area contributed by atoms with Gasteiger partial charge in [-0.05, 0) is 59.3 Å². The van der Waals surface area contributed by atoms with Crippen molar-refractivity contribution < 1.29 is 52.4 Å². The summed E-state index contributed by atoms with van der Waals surface area (Å²) in [7, 11) is 1.67. The van der Waals surface area contributed by atoms with Crippen LogP contribution in [0.5, 0.6) is 0 Å². The number of esters is 1. The molecule has 4 N–H and O–H groups in total. The van der Waals surface area contributed by atoms with Gasteiger partial charge in [-0.3, -0.25) is 24.0 Å². The van der Waals surface area contributed by atoms with Crippen molar-refractivity contribution >= 4 is 29.5 Å². The minimum absolute atomic E-state index is 0.0161. The number of epoxide rings is 2. The number of carbonyl (C=O) groups is 5. The third kappa shape index (κ3) is 13.8. The molecule has 0 radical (unpaired) electrons. The summed E-state index contributed by atoms with van der Waals surface area (Å²) in [6.45, 7) is 13.7. The molecule has 3 rings (SSSR count). The third-order valence-electron chi connectivity index (χ3n) is 9.75. The molecule has 1 spiro atoms. The highest BCUT2D eigenvalue weighted by Crippen LogP contribution is 2.59. The lowest BCUT2D eigenvalue weighted by atomic mass is 9.68. The normalized spacial score (nSPS) is 26.7. The standard InChI is InChI=1S/C37H62N4O11/c1-24(2)10-11-28-36(6,52-28)34-33(47-7)27(12-14-37(34)23-50-37)51-31(45)9-8-17-48-19-20-49-18-16-38-29(43)13-15-39-32(25(3)4)35(46)41-22-30(44)40-21-26(5)42/h10,25,27-28,32-34,39H,8-9,11-23H2,1-7H3,(H,38,43)(H,40,44)(H,41,46)/t27?,28-,32+,33?,34?,36?,37+/m1/s1. The van der Waals surface area contributed by atoms with E-state index in [0.29, 0.717) is 52.4 Å². The van der Waals surface area contributed by atoms with E-state index >= 15 is 0 Å². The van der Waals surface area contributed by atoms with Crippen LogP contribution in [0.4, 0.5) is 0 Å². The van der Waals surface area contributed by atoms with E-state index in [0.717, 1.165) is 12.8 Å². The van der Waals surface area contributed by atoms with Gasteiger partial charge in [-0.1, -0.05) is 25.5 Å². The van der Waals surface area contributed by atoms with Crippen LogP contribution in [-0.2, 0) is 52.4 Å². The number of rotatable bonds is 25. The highest BCUT2D eigenvalue weighted by molar-refractivity contribution is 5.89. The molecule has 15 heteroatoms. The van der Waals surface area contributed by atoms with E-state index in [9.17, 15) is 24.0 Å². The summed E-state index contributed by atoms with van der Waals surface area (Å²) < 4.78 is 35.3. The SMILES string of the molecule is COC1C(OC(=O)CCCOCCOCCNC(=O)CCN[C@H](C(=O)NCC(=O)NCC(C)=O)C(C)C)CC[C@]2(CO2)C1C1(C)O[C@@H]1CC=C(C)C. The fourth-order valence-corrected chi connectivity index (χ4v) is 6.82. The van der Waals surface area contributed by atoms with Gasteiger partial charge in [-0.2, -0.15) is 0 Å². The third-order valence-corrected chi connectivity index (χ3v) is 9.75. The van der Waals surface area contributed by atoms with Gasteiger partial charge in [0.1, 0.15) is 29.2 Å². The van der Waals surface area contributed by atoms with Crippen LogP contribution in [0.2, 0.25) is 0 Å². The van der Waals surface area contributed by atoms with Crippen LogP contribution in [0.3, 0.4) is 0 Å². The molecule has 1 aliphatic carbocycles. The highest BCUT2D eigenvalue weighted by atomic mass is 16.6. The average molecular weight is 739 g/mol. The minimum Gasteiger partial charge on any atom is -0.460 e. The molecule has 15 nitrogen and oxygen atoms in total. The highest BCUT2D eigenvalue weighted by Gasteiger charge is 2.72. The molecule has 2 heterocycles. The second-order valence-corrected chi connectivity index (χ2v) is 14.7. The Morgan fingerprint density at radius 3 is 2.25 bits per heavy atom. The van der Waals surface area contributed by atoms with Crippen molar-refractivity contribution in [1.82, 2.24) is 21.3 Å². The van der Waals surface area contributed by atoms with E-state index in [2.05, 4.69) is 48.1 Å². The molecule has 0 aromatic rings. The summed E-state index contributed by atoms with van der Waals surface area (Å²) in [5.74, 6) is -1.55. The van der Waals surface area contributed by atoms with E-state index in [4.69, 9.17) is 28.4 Å². The van der Waals surface area contributed by atoms with Gasteiger partial charge in [-0.15, -0.1) is 0 Å². The smallest absolute Gasteiger partial charge is 0.306 e. The average Bonchev–Trinajstić information content (AvgIpc) is 4.01. The number of ketones is 1. The van der Waals surface area contributed by atoms with Crippen molar-refractivity contribution in [2.45, 2.75) is 116 Å².